The molecule has 3 rings (SSSR count). The predicted molar refractivity (Wildman–Crippen MR) is 84.2 cm³/mol. The maximum atomic E-state index is 2.42. The molecule has 1 saturated carbocycles. The summed E-state index contributed by atoms with van der Waals surface area (Å²) in [6.45, 7) is 6.68. The zero-order chi connectivity index (χ0) is 13.9. The van der Waals surface area contributed by atoms with E-state index >= 15 is 0 Å². The van der Waals surface area contributed by atoms with E-state index < -0.39 is 0 Å². The van der Waals surface area contributed by atoms with Crippen molar-refractivity contribution in [3.8, 4) is 0 Å². The Kier molecular flexibility index (Phi) is 4.00. The Morgan fingerprint density at radius 3 is 1.55 bits per heavy atom. The van der Waals surface area contributed by atoms with E-state index in [1.54, 1.807) is 11.4 Å². The third-order valence-electron chi connectivity index (χ3n) is 4.97. The smallest absolute Gasteiger partial charge is 0.0205 e. The van der Waals surface area contributed by atoms with Gasteiger partial charge in [0.15, 0.2) is 0 Å². The van der Waals surface area contributed by atoms with Crippen LogP contribution >= 0.6 is 0 Å². The molecule has 0 radical (unpaired) electrons. The van der Waals surface area contributed by atoms with E-state index in [1.807, 2.05) is 0 Å². The molecule has 2 aromatic rings. The van der Waals surface area contributed by atoms with Crippen LogP contribution in [0.1, 0.15) is 62.8 Å². The molecule has 1 aliphatic carbocycles. The highest BCUT2D eigenvalue weighted by Gasteiger charge is 2.26. The zero-order valence-electron chi connectivity index (χ0n) is 12.8. The average Bonchev–Trinajstić information content (AvgIpc) is 3.15. The maximum absolute atomic E-state index is 2.42. The highest BCUT2D eigenvalue weighted by molar-refractivity contribution is 5.18. The molecule has 108 valence electrons. The van der Waals surface area contributed by atoms with Crippen molar-refractivity contribution in [3.63, 3.8) is 0 Å². The molecule has 2 aromatic heterocycles. The fourth-order valence-corrected chi connectivity index (χ4v) is 3.86. The minimum atomic E-state index is 0.770. The van der Waals surface area contributed by atoms with Gasteiger partial charge in [-0.05, 0) is 75.6 Å². The van der Waals surface area contributed by atoms with Crippen LogP contribution in [0.4, 0.5) is 0 Å². The van der Waals surface area contributed by atoms with Crippen LogP contribution in [0.25, 0.3) is 0 Å². The highest BCUT2D eigenvalue weighted by atomic mass is 15.0. The SMILES string of the molecule is CCn1cccc1C1CCC(c2cccn2CC)CC1. The third-order valence-corrected chi connectivity index (χ3v) is 4.97. The summed E-state index contributed by atoms with van der Waals surface area (Å²) in [5.74, 6) is 1.54. The first-order chi connectivity index (χ1) is 9.83. The second-order valence-corrected chi connectivity index (χ2v) is 5.99. The summed E-state index contributed by atoms with van der Waals surface area (Å²) in [5, 5.41) is 0. The predicted octanol–water partition coefficient (Wildman–Crippen LogP) is 4.77. The van der Waals surface area contributed by atoms with E-state index in [-0.39, 0.29) is 0 Å². The molecule has 2 heteroatoms. The Morgan fingerprint density at radius 1 is 0.800 bits per heavy atom. The lowest BCUT2D eigenvalue weighted by atomic mass is 9.79. The number of rotatable bonds is 4. The van der Waals surface area contributed by atoms with Crippen LogP contribution in [0, 0.1) is 0 Å². The second-order valence-electron chi connectivity index (χ2n) is 5.99. The second kappa shape index (κ2) is 5.90. The van der Waals surface area contributed by atoms with Gasteiger partial charge in [0.1, 0.15) is 0 Å². The van der Waals surface area contributed by atoms with Crippen molar-refractivity contribution in [1.82, 2.24) is 9.13 Å². The molecule has 0 aliphatic heterocycles. The number of nitrogens with zero attached hydrogens (tertiary/aromatic N) is 2. The summed E-state index contributed by atoms with van der Waals surface area (Å²) in [6, 6.07) is 9.05. The molecule has 0 unspecified atom stereocenters. The highest BCUT2D eigenvalue weighted by Crippen LogP contribution is 2.40. The lowest BCUT2D eigenvalue weighted by Crippen LogP contribution is -2.16. The van der Waals surface area contributed by atoms with Gasteiger partial charge in [0, 0.05) is 36.9 Å². The molecule has 0 N–H and O–H groups in total. The van der Waals surface area contributed by atoms with Gasteiger partial charge < -0.3 is 9.13 Å². The Hall–Kier alpha value is -1.44. The van der Waals surface area contributed by atoms with Crippen molar-refractivity contribution in [2.45, 2.75) is 64.5 Å². The van der Waals surface area contributed by atoms with Gasteiger partial charge in [-0.25, -0.2) is 0 Å². The van der Waals surface area contributed by atoms with Gasteiger partial charge in [0.2, 0.25) is 0 Å². The minimum Gasteiger partial charge on any atom is -0.351 e. The first-order valence-corrected chi connectivity index (χ1v) is 8.13. The van der Waals surface area contributed by atoms with Crippen molar-refractivity contribution in [3.05, 3.63) is 48.0 Å². The number of aryl methyl sites for hydroxylation is 2. The molecule has 0 bridgehead atoms. The Bertz CT molecular complexity index is 491. The molecule has 0 atom stereocenters. The standard InChI is InChI=1S/C18H26N2/c1-3-19-13-5-7-17(19)15-9-11-16(12-10-15)18-8-6-14-20(18)4-2/h5-8,13-16H,3-4,9-12H2,1-2H3. The Labute approximate surface area is 122 Å². The molecule has 0 spiro atoms. The summed E-state index contributed by atoms with van der Waals surface area (Å²) in [6.07, 6.45) is 9.80. The van der Waals surface area contributed by atoms with Gasteiger partial charge in [0.05, 0.1) is 0 Å². The van der Waals surface area contributed by atoms with E-state index in [2.05, 4.69) is 59.6 Å². The number of hydrogen-bond acceptors (Lipinski definition) is 0. The molecule has 0 aromatic carbocycles. The van der Waals surface area contributed by atoms with Crippen LogP contribution in [0.15, 0.2) is 36.7 Å². The Balaban J connectivity index is 1.68. The van der Waals surface area contributed by atoms with Gasteiger partial charge in [-0.3, -0.25) is 0 Å². The van der Waals surface area contributed by atoms with Crippen LogP contribution < -0.4 is 0 Å². The van der Waals surface area contributed by atoms with E-state index in [4.69, 9.17) is 0 Å². The van der Waals surface area contributed by atoms with Gasteiger partial charge in [0.25, 0.3) is 0 Å². The zero-order valence-corrected chi connectivity index (χ0v) is 12.8. The summed E-state index contributed by atoms with van der Waals surface area (Å²) < 4.78 is 4.83. The quantitative estimate of drug-likeness (QED) is 0.757. The molecule has 2 nitrogen and oxygen atoms in total. The van der Waals surface area contributed by atoms with Crippen molar-refractivity contribution in [2.75, 3.05) is 0 Å². The first-order valence-electron chi connectivity index (χ1n) is 8.13. The first kappa shape index (κ1) is 13.5. The number of aromatic nitrogens is 2. The van der Waals surface area contributed by atoms with Crippen LogP contribution in [0.5, 0.6) is 0 Å². The number of hydrogen-bond donors (Lipinski definition) is 0. The van der Waals surface area contributed by atoms with Crippen LogP contribution in [-0.2, 0) is 13.1 Å². The van der Waals surface area contributed by atoms with E-state index in [0.29, 0.717) is 0 Å². The Morgan fingerprint density at radius 2 is 1.20 bits per heavy atom. The molecule has 1 aliphatic rings. The normalized spacial score (nSPS) is 23.1. The van der Waals surface area contributed by atoms with Gasteiger partial charge in [-0.15, -0.1) is 0 Å². The largest absolute Gasteiger partial charge is 0.351 e. The van der Waals surface area contributed by atoms with Crippen LogP contribution in [0.2, 0.25) is 0 Å². The molecule has 1 fully saturated rings. The van der Waals surface area contributed by atoms with Crippen molar-refractivity contribution < 1.29 is 0 Å². The maximum Gasteiger partial charge on any atom is 0.0205 e. The molecule has 0 amide bonds. The van der Waals surface area contributed by atoms with Gasteiger partial charge in [-0.2, -0.15) is 0 Å². The minimum absolute atomic E-state index is 0.770. The lowest BCUT2D eigenvalue weighted by molar-refractivity contribution is 0.372. The van der Waals surface area contributed by atoms with Crippen LogP contribution in [-0.4, -0.2) is 9.13 Å². The van der Waals surface area contributed by atoms with Crippen LogP contribution in [0.3, 0.4) is 0 Å². The van der Waals surface area contributed by atoms with Crippen molar-refractivity contribution in [2.24, 2.45) is 0 Å². The third kappa shape index (κ3) is 2.44. The van der Waals surface area contributed by atoms with Crippen molar-refractivity contribution in [1.29, 1.82) is 0 Å². The lowest BCUT2D eigenvalue weighted by Gasteiger charge is -2.30. The average molecular weight is 270 g/mol. The summed E-state index contributed by atoms with van der Waals surface area (Å²) in [4.78, 5) is 0. The monoisotopic (exact) mass is 270 g/mol. The van der Waals surface area contributed by atoms with E-state index in [1.165, 1.54) is 25.7 Å². The fourth-order valence-electron chi connectivity index (χ4n) is 3.86. The van der Waals surface area contributed by atoms with Crippen molar-refractivity contribution >= 4 is 0 Å². The summed E-state index contributed by atoms with van der Waals surface area (Å²) >= 11 is 0. The molecule has 20 heavy (non-hydrogen) atoms. The topological polar surface area (TPSA) is 9.86 Å². The fraction of sp³-hybridized carbons (Fsp3) is 0.556. The van der Waals surface area contributed by atoms with Gasteiger partial charge in [-0.1, -0.05) is 0 Å². The summed E-state index contributed by atoms with van der Waals surface area (Å²) in [7, 11) is 0. The molecular weight excluding hydrogens is 244 g/mol. The van der Waals surface area contributed by atoms with Gasteiger partial charge >= 0.3 is 0 Å². The van der Waals surface area contributed by atoms with E-state index in [9.17, 15) is 0 Å². The molecule has 2 heterocycles. The van der Waals surface area contributed by atoms with E-state index in [0.717, 1.165) is 24.9 Å². The molecular formula is C18H26N2. The summed E-state index contributed by atoms with van der Waals surface area (Å²) in [5.41, 5.74) is 3.11. The molecule has 0 saturated heterocycles.